The summed E-state index contributed by atoms with van der Waals surface area (Å²) in [5.74, 6) is 0.972. The second-order valence-electron chi connectivity index (χ2n) is 5.40. The number of nitrogens with one attached hydrogen (secondary N) is 1. The zero-order valence-corrected chi connectivity index (χ0v) is 13.0. The van der Waals surface area contributed by atoms with Crippen LogP contribution in [0.3, 0.4) is 0 Å². The Kier molecular flexibility index (Phi) is 3.72. The van der Waals surface area contributed by atoms with Gasteiger partial charge in [-0.15, -0.1) is 0 Å². The van der Waals surface area contributed by atoms with E-state index in [2.05, 4.69) is 28.5 Å². The molecule has 0 aliphatic carbocycles. The maximum atomic E-state index is 11.9. The van der Waals surface area contributed by atoms with Crippen molar-refractivity contribution in [3.63, 3.8) is 0 Å². The van der Waals surface area contributed by atoms with Crippen molar-refractivity contribution in [1.82, 2.24) is 13.9 Å². The lowest BCUT2D eigenvalue weighted by Crippen LogP contribution is -2.43. The van der Waals surface area contributed by atoms with Gasteiger partial charge >= 0.3 is 0 Å². The third kappa shape index (κ3) is 2.68. The third-order valence-electron chi connectivity index (χ3n) is 3.82. The molecule has 2 aliphatic heterocycles. The van der Waals surface area contributed by atoms with Gasteiger partial charge in [-0.1, -0.05) is 0 Å². The van der Waals surface area contributed by atoms with E-state index < -0.39 is 10.2 Å². The molecule has 0 aromatic rings. The molecular weight excluding hydrogens is 264 g/mol. The fraction of sp³-hybridized carbons (Fsp3) is 0.750. The van der Waals surface area contributed by atoms with Crippen molar-refractivity contribution >= 4 is 16.0 Å². The molecule has 0 amide bonds. The van der Waals surface area contributed by atoms with Crippen molar-refractivity contribution in [2.75, 3.05) is 20.6 Å². The molecule has 0 aromatic heterocycles. The molecule has 0 bridgehead atoms. The lowest BCUT2D eigenvalue weighted by atomic mass is 10.0. The average Bonchev–Trinajstić information content (AvgIpc) is 2.69. The quantitative estimate of drug-likeness (QED) is 0.824. The number of aliphatic imine (C=N–C) groups is 1. The van der Waals surface area contributed by atoms with Crippen LogP contribution < -0.4 is 4.72 Å². The molecule has 1 N–H and O–H groups in total. The minimum absolute atomic E-state index is 0.0900. The molecule has 2 heterocycles. The Hall–Kier alpha value is -0.920. The molecule has 2 aliphatic rings. The van der Waals surface area contributed by atoms with E-state index in [0.717, 1.165) is 12.3 Å². The second kappa shape index (κ2) is 4.88. The Morgan fingerprint density at radius 3 is 2.58 bits per heavy atom. The predicted octanol–water partition coefficient (Wildman–Crippen LogP) is 0.551. The van der Waals surface area contributed by atoms with Crippen molar-refractivity contribution in [2.45, 2.75) is 39.3 Å². The van der Waals surface area contributed by atoms with E-state index in [1.165, 1.54) is 29.7 Å². The Bertz CT molecular complexity index is 536. The van der Waals surface area contributed by atoms with Gasteiger partial charge in [-0.25, -0.2) is 0 Å². The molecule has 0 unspecified atom stereocenters. The lowest BCUT2D eigenvalue weighted by Gasteiger charge is -2.28. The lowest BCUT2D eigenvalue weighted by molar-refractivity contribution is 0.476. The highest BCUT2D eigenvalue weighted by Crippen LogP contribution is 2.31. The van der Waals surface area contributed by atoms with Crippen molar-refractivity contribution in [1.29, 1.82) is 0 Å². The number of hydrogen-bond donors (Lipinski definition) is 1. The summed E-state index contributed by atoms with van der Waals surface area (Å²) in [5, 5.41) is 0. The first kappa shape index (κ1) is 14.5. The molecule has 6 nitrogen and oxygen atoms in total. The van der Waals surface area contributed by atoms with Crippen LogP contribution in [0, 0.1) is 0 Å². The fourth-order valence-electron chi connectivity index (χ4n) is 2.52. The molecule has 0 aromatic carbocycles. The van der Waals surface area contributed by atoms with Gasteiger partial charge in [-0.2, -0.15) is 17.4 Å². The summed E-state index contributed by atoms with van der Waals surface area (Å²) in [6.45, 7) is 6.78. The molecule has 108 valence electrons. The van der Waals surface area contributed by atoms with Crippen LogP contribution in [0.2, 0.25) is 0 Å². The molecule has 0 spiro atoms. The van der Waals surface area contributed by atoms with Gasteiger partial charge in [0.25, 0.3) is 10.2 Å². The zero-order chi connectivity index (χ0) is 14.4. The summed E-state index contributed by atoms with van der Waals surface area (Å²) in [5.41, 5.74) is 2.45. The molecule has 1 saturated heterocycles. The van der Waals surface area contributed by atoms with Crippen LogP contribution in [0.4, 0.5) is 0 Å². The minimum Gasteiger partial charge on any atom is -0.332 e. The normalized spacial score (nSPS) is 27.9. The summed E-state index contributed by atoms with van der Waals surface area (Å²) in [6, 6.07) is 0.100. The van der Waals surface area contributed by atoms with E-state index in [-0.39, 0.29) is 12.1 Å². The smallest absolute Gasteiger partial charge is 0.279 e. The highest BCUT2D eigenvalue weighted by Gasteiger charge is 2.35. The molecule has 7 heteroatoms. The van der Waals surface area contributed by atoms with E-state index >= 15 is 0 Å². The number of fused-ring (bicyclic) bond motifs is 1. The molecular formula is C12H22N4O2S. The van der Waals surface area contributed by atoms with Gasteiger partial charge in [0, 0.05) is 38.8 Å². The topological polar surface area (TPSA) is 65.0 Å². The van der Waals surface area contributed by atoms with Crippen LogP contribution in [0.5, 0.6) is 0 Å². The van der Waals surface area contributed by atoms with Gasteiger partial charge in [-0.05, 0) is 26.3 Å². The molecule has 2 rings (SSSR count). The Morgan fingerprint density at radius 1 is 1.37 bits per heavy atom. The van der Waals surface area contributed by atoms with Crippen LogP contribution in [0.15, 0.2) is 16.3 Å². The average molecular weight is 286 g/mol. The van der Waals surface area contributed by atoms with Gasteiger partial charge in [0.05, 0.1) is 6.04 Å². The fourth-order valence-corrected chi connectivity index (χ4v) is 3.31. The second-order valence-corrected chi connectivity index (χ2v) is 7.32. The first-order valence-electron chi connectivity index (χ1n) is 6.43. The van der Waals surface area contributed by atoms with Gasteiger partial charge in [-0.3, -0.25) is 4.99 Å². The first-order valence-corrected chi connectivity index (χ1v) is 7.87. The first-order chi connectivity index (χ1) is 8.72. The highest BCUT2D eigenvalue weighted by molar-refractivity contribution is 7.87. The third-order valence-corrected chi connectivity index (χ3v) is 5.41. The standard InChI is InChI=1S/C12H22N4O2S/c1-8-9(2)13-10(3)16-7-11(6-12(8)16)14-19(17,18)15(4)5/h9,11,14H,6-7H2,1-5H3/t9-,11-/m0/s1. The van der Waals surface area contributed by atoms with Crippen LogP contribution in [0.1, 0.15) is 27.2 Å². The Balaban J connectivity index is 2.18. The molecule has 0 radical (unpaired) electrons. The van der Waals surface area contributed by atoms with Gasteiger partial charge in [0.15, 0.2) is 0 Å². The number of hydrogen-bond acceptors (Lipinski definition) is 4. The van der Waals surface area contributed by atoms with Gasteiger partial charge in [0.2, 0.25) is 0 Å². The van der Waals surface area contributed by atoms with E-state index in [0.29, 0.717) is 6.54 Å². The summed E-state index contributed by atoms with van der Waals surface area (Å²) in [4.78, 5) is 6.69. The maximum Gasteiger partial charge on any atom is 0.279 e. The van der Waals surface area contributed by atoms with Gasteiger partial charge in [0.1, 0.15) is 5.84 Å². The van der Waals surface area contributed by atoms with E-state index in [1.54, 1.807) is 0 Å². The largest absolute Gasteiger partial charge is 0.332 e. The van der Waals surface area contributed by atoms with E-state index in [9.17, 15) is 8.42 Å². The highest BCUT2D eigenvalue weighted by atomic mass is 32.2. The minimum atomic E-state index is -3.38. The summed E-state index contributed by atoms with van der Waals surface area (Å²) >= 11 is 0. The number of rotatable bonds is 3. The number of nitrogens with zero attached hydrogens (tertiary/aromatic N) is 3. The SMILES string of the molecule is CC1=N[C@@H](C)C(C)=C2C[C@H](NS(=O)(=O)N(C)C)CN12. The van der Waals surface area contributed by atoms with Crippen molar-refractivity contribution in [3.05, 3.63) is 11.3 Å². The number of amidine groups is 1. The van der Waals surface area contributed by atoms with Crippen molar-refractivity contribution < 1.29 is 8.42 Å². The van der Waals surface area contributed by atoms with E-state index in [4.69, 9.17) is 0 Å². The van der Waals surface area contributed by atoms with Crippen molar-refractivity contribution in [3.8, 4) is 0 Å². The molecule has 19 heavy (non-hydrogen) atoms. The Morgan fingerprint density at radius 2 is 2.00 bits per heavy atom. The van der Waals surface area contributed by atoms with Crippen molar-refractivity contribution in [2.24, 2.45) is 4.99 Å². The van der Waals surface area contributed by atoms with Gasteiger partial charge < -0.3 is 4.90 Å². The molecule has 2 atom stereocenters. The maximum absolute atomic E-state index is 11.9. The zero-order valence-electron chi connectivity index (χ0n) is 12.1. The summed E-state index contributed by atoms with van der Waals surface area (Å²) in [7, 11) is -0.315. The van der Waals surface area contributed by atoms with Crippen LogP contribution in [0.25, 0.3) is 0 Å². The van der Waals surface area contributed by atoms with Crippen LogP contribution in [-0.2, 0) is 10.2 Å². The summed E-state index contributed by atoms with van der Waals surface area (Å²) < 4.78 is 27.7. The predicted molar refractivity (Wildman–Crippen MR) is 76.1 cm³/mol. The molecule has 1 fully saturated rings. The van der Waals surface area contributed by atoms with E-state index in [1.807, 2.05) is 6.92 Å². The molecule has 0 saturated carbocycles. The van der Waals surface area contributed by atoms with Crippen LogP contribution in [-0.4, -0.2) is 56.2 Å². The monoisotopic (exact) mass is 286 g/mol. The summed E-state index contributed by atoms with van der Waals surface area (Å²) in [6.07, 6.45) is 0.732. The Labute approximate surface area is 115 Å². The van der Waals surface area contributed by atoms with Crippen LogP contribution >= 0.6 is 0 Å².